The molecule has 1 aromatic carbocycles. The molecule has 1 aromatic rings. The predicted octanol–water partition coefficient (Wildman–Crippen LogP) is 1.02. The Hall–Kier alpha value is -0.950. The van der Waals surface area contributed by atoms with E-state index in [4.69, 9.17) is 0 Å². The lowest BCUT2D eigenvalue weighted by Gasteiger charge is -2.28. The zero-order valence-corrected chi connectivity index (χ0v) is 13.0. The van der Waals surface area contributed by atoms with Crippen LogP contribution >= 0.6 is 0 Å². The molecular weight excluding hydrogens is 286 g/mol. The maximum absolute atomic E-state index is 12.3. The van der Waals surface area contributed by atoms with E-state index in [1.165, 1.54) is 18.4 Å². The Morgan fingerprint density at radius 1 is 1.14 bits per heavy atom. The fraction of sp³-hybridized carbons (Fsp3) is 0.600. The van der Waals surface area contributed by atoms with Gasteiger partial charge in [-0.3, -0.25) is 0 Å². The van der Waals surface area contributed by atoms with Crippen LogP contribution in [0.15, 0.2) is 24.3 Å². The van der Waals surface area contributed by atoms with E-state index in [0.717, 1.165) is 24.9 Å². The Morgan fingerprint density at radius 2 is 1.90 bits per heavy atom. The molecule has 0 amide bonds. The zero-order valence-electron chi connectivity index (χ0n) is 12.2. The third kappa shape index (κ3) is 4.03. The van der Waals surface area contributed by atoms with Crippen LogP contribution in [0.25, 0.3) is 0 Å². The molecule has 116 valence electrons. The van der Waals surface area contributed by atoms with Crippen molar-refractivity contribution < 1.29 is 8.42 Å². The number of rotatable bonds is 7. The number of nitrogens with one attached hydrogen (secondary N) is 2. The van der Waals surface area contributed by atoms with Crippen molar-refractivity contribution in [1.29, 1.82) is 0 Å². The van der Waals surface area contributed by atoms with Crippen molar-refractivity contribution in [2.45, 2.75) is 38.3 Å². The SMILES string of the molecule is O=S(=O)(NCCCNC1CC1)N1CCc2ccccc2C1. The smallest absolute Gasteiger partial charge is 0.279 e. The van der Waals surface area contributed by atoms with Crippen molar-refractivity contribution in [3.63, 3.8) is 0 Å². The van der Waals surface area contributed by atoms with E-state index in [9.17, 15) is 8.42 Å². The summed E-state index contributed by atoms with van der Waals surface area (Å²) in [5.41, 5.74) is 2.38. The van der Waals surface area contributed by atoms with Gasteiger partial charge in [0.15, 0.2) is 0 Å². The van der Waals surface area contributed by atoms with E-state index in [0.29, 0.717) is 25.7 Å². The standard InChI is InChI=1S/C15H23N3O2S/c19-21(20,17-10-3-9-16-15-6-7-15)18-11-8-13-4-1-2-5-14(13)12-18/h1-2,4-5,15-17H,3,6-12H2. The van der Waals surface area contributed by atoms with Gasteiger partial charge in [-0.1, -0.05) is 24.3 Å². The quantitative estimate of drug-likeness (QED) is 0.739. The van der Waals surface area contributed by atoms with Crippen LogP contribution in [-0.4, -0.2) is 38.4 Å². The second-order valence-electron chi connectivity index (χ2n) is 5.83. The minimum absolute atomic E-state index is 0.478. The van der Waals surface area contributed by atoms with Crippen molar-refractivity contribution in [3.8, 4) is 0 Å². The van der Waals surface area contributed by atoms with Crippen LogP contribution in [-0.2, 0) is 23.2 Å². The molecule has 0 aromatic heterocycles. The van der Waals surface area contributed by atoms with Crippen LogP contribution in [0.1, 0.15) is 30.4 Å². The lowest BCUT2D eigenvalue weighted by Crippen LogP contribution is -2.44. The summed E-state index contributed by atoms with van der Waals surface area (Å²) < 4.78 is 28.9. The summed E-state index contributed by atoms with van der Waals surface area (Å²) in [5.74, 6) is 0. The van der Waals surface area contributed by atoms with Gasteiger partial charge in [0.1, 0.15) is 0 Å². The molecule has 1 heterocycles. The average Bonchev–Trinajstić information content (AvgIpc) is 3.30. The van der Waals surface area contributed by atoms with Crippen molar-refractivity contribution in [1.82, 2.24) is 14.3 Å². The Morgan fingerprint density at radius 3 is 2.67 bits per heavy atom. The highest BCUT2D eigenvalue weighted by Gasteiger charge is 2.26. The molecule has 0 bridgehead atoms. The van der Waals surface area contributed by atoms with E-state index in [1.54, 1.807) is 4.31 Å². The highest BCUT2D eigenvalue weighted by atomic mass is 32.2. The van der Waals surface area contributed by atoms with Crippen LogP contribution in [0.4, 0.5) is 0 Å². The number of nitrogens with zero attached hydrogens (tertiary/aromatic N) is 1. The number of hydrogen-bond acceptors (Lipinski definition) is 3. The van der Waals surface area contributed by atoms with Crippen LogP contribution in [0.5, 0.6) is 0 Å². The highest BCUT2D eigenvalue weighted by molar-refractivity contribution is 7.87. The van der Waals surface area contributed by atoms with Crippen molar-refractivity contribution in [2.24, 2.45) is 0 Å². The number of fused-ring (bicyclic) bond motifs is 1. The van der Waals surface area contributed by atoms with E-state index >= 15 is 0 Å². The van der Waals surface area contributed by atoms with E-state index < -0.39 is 10.2 Å². The summed E-state index contributed by atoms with van der Waals surface area (Å²) in [6.45, 7) is 2.43. The largest absolute Gasteiger partial charge is 0.314 e. The van der Waals surface area contributed by atoms with Gasteiger partial charge < -0.3 is 5.32 Å². The van der Waals surface area contributed by atoms with Gasteiger partial charge in [0, 0.05) is 25.7 Å². The van der Waals surface area contributed by atoms with Crippen molar-refractivity contribution >= 4 is 10.2 Å². The molecular formula is C15H23N3O2S. The van der Waals surface area contributed by atoms with E-state index in [-0.39, 0.29) is 0 Å². The Bertz CT molecular complexity index is 584. The molecule has 6 heteroatoms. The minimum atomic E-state index is -3.36. The lowest BCUT2D eigenvalue weighted by atomic mass is 10.0. The highest BCUT2D eigenvalue weighted by Crippen LogP contribution is 2.20. The van der Waals surface area contributed by atoms with Crippen LogP contribution in [0, 0.1) is 0 Å². The molecule has 1 fully saturated rings. The van der Waals surface area contributed by atoms with Crippen LogP contribution < -0.4 is 10.0 Å². The second-order valence-corrected chi connectivity index (χ2v) is 7.59. The molecule has 1 aliphatic carbocycles. The first-order chi connectivity index (χ1) is 10.1. The van der Waals surface area contributed by atoms with Crippen molar-refractivity contribution in [3.05, 3.63) is 35.4 Å². The predicted molar refractivity (Wildman–Crippen MR) is 83.1 cm³/mol. The maximum atomic E-state index is 12.3. The summed E-state index contributed by atoms with van der Waals surface area (Å²) >= 11 is 0. The molecule has 0 unspecified atom stereocenters. The van der Waals surface area contributed by atoms with E-state index in [2.05, 4.69) is 16.1 Å². The first-order valence-electron chi connectivity index (χ1n) is 7.70. The average molecular weight is 309 g/mol. The van der Waals surface area contributed by atoms with Gasteiger partial charge >= 0.3 is 0 Å². The second kappa shape index (κ2) is 6.44. The maximum Gasteiger partial charge on any atom is 0.279 e. The van der Waals surface area contributed by atoms with Gasteiger partial charge in [0.05, 0.1) is 0 Å². The Labute approximate surface area is 126 Å². The topological polar surface area (TPSA) is 61.4 Å². The summed E-state index contributed by atoms with van der Waals surface area (Å²) in [5, 5.41) is 3.39. The molecule has 0 radical (unpaired) electrons. The molecule has 2 N–H and O–H groups in total. The first kappa shape index (κ1) is 15.0. The third-order valence-corrected chi connectivity index (χ3v) is 5.64. The van der Waals surface area contributed by atoms with Gasteiger partial charge in [0.2, 0.25) is 0 Å². The number of hydrogen-bond donors (Lipinski definition) is 2. The van der Waals surface area contributed by atoms with Gasteiger partial charge in [-0.2, -0.15) is 12.7 Å². The van der Waals surface area contributed by atoms with Gasteiger partial charge in [0.25, 0.3) is 10.2 Å². The number of benzene rings is 1. The monoisotopic (exact) mass is 309 g/mol. The summed E-state index contributed by atoms with van der Waals surface area (Å²) in [4.78, 5) is 0. The lowest BCUT2D eigenvalue weighted by molar-refractivity contribution is 0.383. The molecule has 2 aliphatic rings. The molecule has 1 saturated carbocycles. The molecule has 1 aliphatic heterocycles. The fourth-order valence-electron chi connectivity index (χ4n) is 2.65. The van der Waals surface area contributed by atoms with Gasteiger partial charge in [-0.05, 0) is 43.4 Å². The minimum Gasteiger partial charge on any atom is -0.314 e. The van der Waals surface area contributed by atoms with Gasteiger partial charge in [-0.25, -0.2) is 4.72 Å². The van der Waals surface area contributed by atoms with Crippen LogP contribution in [0.3, 0.4) is 0 Å². The van der Waals surface area contributed by atoms with Crippen LogP contribution in [0.2, 0.25) is 0 Å². The third-order valence-electron chi connectivity index (χ3n) is 4.08. The molecule has 21 heavy (non-hydrogen) atoms. The molecule has 0 spiro atoms. The van der Waals surface area contributed by atoms with E-state index in [1.807, 2.05) is 18.2 Å². The Kier molecular flexibility index (Phi) is 4.59. The molecule has 5 nitrogen and oxygen atoms in total. The molecule has 3 rings (SSSR count). The summed E-state index contributed by atoms with van der Waals surface area (Å²) in [7, 11) is -3.36. The Balaban J connectivity index is 1.48. The molecule has 0 saturated heterocycles. The zero-order chi connectivity index (χ0) is 14.7. The fourth-order valence-corrected chi connectivity index (χ4v) is 3.88. The first-order valence-corrected chi connectivity index (χ1v) is 9.14. The molecule has 0 atom stereocenters. The summed E-state index contributed by atoms with van der Waals surface area (Å²) in [6, 6.07) is 8.74. The van der Waals surface area contributed by atoms with Crippen molar-refractivity contribution in [2.75, 3.05) is 19.6 Å². The van der Waals surface area contributed by atoms with Gasteiger partial charge in [-0.15, -0.1) is 0 Å². The summed E-state index contributed by atoms with van der Waals surface area (Å²) in [6.07, 6.45) is 4.15. The normalized spacial score (nSPS) is 19.4.